The van der Waals surface area contributed by atoms with Gasteiger partial charge in [0.2, 0.25) is 0 Å². The maximum Gasteiger partial charge on any atom is 0.165 e. The molecule has 4 nitrogen and oxygen atoms in total. The van der Waals surface area contributed by atoms with Gasteiger partial charge in [-0.1, -0.05) is 25.4 Å². The van der Waals surface area contributed by atoms with E-state index < -0.39 is 0 Å². The van der Waals surface area contributed by atoms with E-state index in [1.807, 2.05) is 11.3 Å². The van der Waals surface area contributed by atoms with Crippen LogP contribution in [0.4, 0.5) is 0 Å². The lowest BCUT2D eigenvalue weighted by molar-refractivity contribution is 0.612. The van der Waals surface area contributed by atoms with Gasteiger partial charge >= 0.3 is 0 Å². The number of rotatable bonds is 2. The lowest BCUT2D eigenvalue weighted by Gasteiger charge is -2.05. The van der Waals surface area contributed by atoms with Crippen molar-refractivity contribution in [1.82, 2.24) is 19.6 Å². The molecule has 0 saturated heterocycles. The SMILES string of the molecule is Cc1nc(Cl)cc2nnc(CC(C)C)n12. The Morgan fingerprint density at radius 1 is 1.40 bits per heavy atom. The predicted molar refractivity (Wildman–Crippen MR) is 59.1 cm³/mol. The summed E-state index contributed by atoms with van der Waals surface area (Å²) in [6, 6.07) is 1.73. The van der Waals surface area contributed by atoms with Crippen molar-refractivity contribution in [2.45, 2.75) is 27.2 Å². The van der Waals surface area contributed by atoms with Gasteiger partial charge < -0.3 is 0 Å². The summed E-state index contributed by atoms with van der Waals surface area (Å²) >= 11 is 5.85. The zero-order valence-corrected chi connectivity index (χ0v) is 9.78. The quantitative estimate of drug-likeness (QED) is 0.736. The molecule has 0 spiro atoms. The lowest BCUT2D eigenvalue weighted by atomic mass is 10.1. The largest absolute Gasteiger partial charge is 0.267 e. The molecule has 0 unspecified atom stereocenters. The van der Waals surface area contributed by atoms with Crippen LogP contribution in [0.25, 0.3) is 5.65 Å². The van der Waals surface area contributed by atoms with Crippen molar-refractivity contribution in [3.05, 3.63) is 22.9 Å². The van der Waals surface area contributed by atoms with Crippen molar-refractivity contribution < 1.29 is 0 Å². The molecule has 0 saturated carbocycles. The molecule has 0 atom stereocenters. The number of nitrogens with zero attached hydrogens (tertiary/aromatic N) is 4. The zero-order valence-electron chi connectivity index (χ0n) is 9.03. The van der Waals surface area contributed by atoms with E-state index in [-0.39, 0.29) is 0 Å². The summed E-state index contributed by atoms with van der Waals surface area (Å²) in [7, 11) is 0. The molecule has 0 aromatic carbocycles. The maximum atomic E-state index is 5.85. The van der Waals surface area contributed by atoms with Crippen LogP contribution in [-0.4, -0.2) is 19.6 Å². The van der Waals surface area contributed by atoms with E-state index >= 15 is 0 Å². The third-order valence-electron chi connectivity index (χ3n) is 2.19. The molecule has 5 heteroatoms. The Kier molecular flexibility index (Phi) is 2.61. The van der Waals surface area contributed by atoms with Crippen LogP contribution in [0, 0.1) is 12.8 Å². The van der Waals surface area contributed by atoms with Gasteiger partial charge in [-0.05, 0) is 12.8 Å². The molecule has 15 heavy (non-hydrogen) atoms. The van der Waals surface area contributed by atoms with Crippen molar-refractivity contribution in [2.75, 3.05) is 0 Å². The van der Waals surface area contributed by atoms with Gasteiger partial charge in [-0.15, -0.1) is 10.2 Å². The Balaban J connectivity index is 2.58. The van der Waals surface area contributed by atoms with Gasteiger partial charge in [0, 0.05) is 12.5 Å². The number of aromatic nitrogens is 4. The van der Waals surface area contributed by atoms with Crippen LogP contribution < -0.4 is 0 Å². The van der Waals surface area contributed by atoms with Gasteiger partial charge in [0.1, 0.15) is 16.8 Å². The zero-order chi connectivity index (χ0) is 11.0. The molecule has 0 bridgehead atoms. The van der Waals surface area contributed by atoms with Crippen LogP contribution in [0.5, 0.6) is 0 Å². The summed E-state index contributed by atoms with van der Waals surface area (Å²) in [5, 5.41) is 8.70. The Morgan fingerprint density at radius 2 is 2.13 bits per heavy atom. The molecule has 2 aromatic heterocycles. The molecule has 0 aliphatic heterocycles. The number of hydrogen-bond donors (Lipinski definition) is 0. The monoisotopic (exact) mass is 224 g/mol. The highest BCUT2D eigenvalue weighted by Crippen LogP contribution is 2.14. The Morgan fingerprint density at radius 3 is 2.80 bits per heavy atom. The average molecular weight is 225 g/mol. The van der Waals surface area contributed by atoms with Crippen LogP contribution in [0.1, 0.15) is 25.5 Å². The molecule has 0 fully saturated rings. The molecule has 0 N–H and O–H groups in total. The number of hydrogen-bond acceptors (Lipinski definition) is 3. The third-order valence-corrected chi connectivity index (χ3v) is 2.38. The Hall–Kier alpha value is -1.16. The van der Waals surface area contributed by atoms with E-state index in [1.165, 1.54) is 0 Å². The van der Waals surface area contributed by atoms with Crippen LogP contribution >= 0.6 is 11.6 Å². The standard InChI is InChI=1S/C10H13ClN4/c1-6(2)4-9-13-14-10-5-8(11)12-7(3)15(9)10/h5-6H,4H2,1-3H3. The van der Waals surface area contributed by atoms with Gasteiger partial charge in [0.05, 0.1) is 0 Å². The molecular formula is C10H13ClN4. The fourth-order valence-corrected chi connectivity index (χ4v) is 1.84. The van der Waals surface area contributed by atoms with Gasteiger partial charge in [0.25, 0.3) is 0 Å². The van der Waals surface area contributed by atoms with Gasteiger partial charge in [-0.3, -0.25) is 4.40 Å². The first-order valence-electron chi connectivity index (χ1n) is 4.95. The maximum absolute atomic E-state index is 5.85. The summed E-state index contributed by atoms with van der Waals surface area (Å²) in [5.74, 6) is 2.33. The highest BCUT2D eigenvalue weighted by Gasteiger charge is 2.10. The topological polar surface area (TPSA) is 43.1 Å². The predicted octanol–water partition coefficient (Wildman–Crippen LogP) is 2.28. The second kappa shape index (κ2) is 3.77. The minimum Gasteiger partial charge on any atom is -0.267 e. The molecule has 2 heterocycles. The summed E-state index contributed by atoms with van der Waals surface area (Å²) in [5.41, 5.74) is 0.767. The van der Waals surface area contributed by atoms with E-state index in [0.717, 1.165) is 23.7 Å². The van der Waals surface area contributed by atoms with Crippen molar-refractivity contribution in [2.24, 2.45) is 5.92 Å². The fourth-order valence-electron chi connectivity index (χ4n) is 1.62. The first-order valence-corrected chi connectivity index (χ1v) is 5.33. The van der Waals surface area contributed by atoms with Crippen LogP contribution in [0.3, 0.4) is 0 Å². The minimum atomic E-state index is 0.462. The molecule has 0 aliphatic carbocycles. The van der Waals surface area contributed by atoms with E-state index in [9.17, 15) is 0 Å². The summed E-state index contributed by atoms with van der Waals surface area (Å²) < 4.78 is 1.95. The molecule has 0 amide bonds. The van der Waals surface area contributed by atoms with E-state index in [1.54, 1.807) is 6.07 Å². The van der Waals surface area contributed by atoms with Crippen molar-refractivity contribution >= 4 is 17.2 Å². The van der Waals surface area contributed by atoms with Crippen LogP contribution in [0.15, 0.2) is 6.07 Å². The molecule has 2 rings (SSSR count). The third kappa shape index (κ3) is 1.95. The highest BCUT2D eigenvalue weighted by molar-refractivity contribution is 6.29. The smallest absolute Gasteiger partial charge is 0.165 e. The van der Waals surface area contributed by atoms with Crippen molar-refractivity contribution in [1.29, 1.82) is 0 Å². The first kappa shape index (κ1) is 10.4. The second-order valence-corrected chi connectivity index (χ2v) is 4.42. The normalized spacial score (nSPS) is 11.5. The lowest BCUT2D eigenvalue weighted by Crippen LogP contribution is -2.04. The molecule has 2 aromatic rings. The molecule has 0 aliphatic rings. The highest BCUT2D eigenvalue weighted by atomic mass is 35.5. The second-order valence-electron chi connectivity index (χ2n) is 4.03. The molecule has 80 valence electrons. The van der Waals surface area contributed by atoms with E-state index in [4.69, 9.17) is 11.6 Å². The summed E-state index contributed by atoms with van der Waals surface area (Å²) in [4.78, 5) is 4.19. The number of halogens is 1. The summed E-state index contributed by atoms with van der Waals surface area (Å²) in [6.45, 7) is 6.21. The van der Waals surface area contributed by atoms with Crippen molar-refractivity contribution in [3.8, 4) is 0 Å². The van der Waals surface area contributed by atoms with Crippen molar-refractivity contribution in [3.63, 3.8) is 0 Å². The van der Waals surface area contributed by atoms with Gasteiger partial charge in [-0.25, -0.2) is 4.98 Å². The average Bonchev–Trinajstić information content (AvgIpc) is 2.46. The van der Waals surface area contributed by atoms with Crippen LogP contribution in [0.2, 0.25) is 5.15 Å². The van der Waals surface area contributed by atoms with Gasteiger partial charge in [-0.2, -0.15) is 0 Å². The minimum absolute atomic E-state index is 0.462. The summed E-state index contributed by atoms with van der Waals surface area (Å²) in [6.07, 6.45) is 0.894. The Labute approximate surface area is 93.3 Å². The molecular weight excluding hydrogens is 212 g/mol. The Bertz CT molecular complexity index is 489. The number of aryl methyl sites for hydroxylation is 1. The molecule has 0 radical (unpaired) electrons. The van der Waals surface area contributed by atoms with E-state index in [0.29, 0.717) is 11.1 Å². The van der Waals surface area contributed by atoms with E-state index in [2.05, 4.69) is 29.0 Å². The number of fused-ring (bicyclic) bond motifs is 1. The van der Waals surface area contributed by atoms with Gasteiger partial charge in [0.15, 0.2) is 5.65 Å². The fraction of sp³-hybridized carbons (Fsp3) is 0.500. The van der Waals surface area contributed by atoms with Crippen LogP contribution in [-0.2, 0) is 6.42 Å². The first-order chi connectivity index (χ1) is 7.08.